The Morgan fingerprint density at radius 2 is 1.64 bits per heavy atom. The molecule has 2 aliphatic heterocycles. The van der Waals surface area contributed by atoms with E-state index in [4.69, 9.17) is 5.11 Å². The van der Waals surface area contributed by atoms with Crippen molar-refractivity contribution in [3.8, 4) is 0 Å². The average molecular weight is 528 g/mol. The van der Waals surface area contributed by atoms with E-state index in [-0.39, 0.29) is 18.3 Å². The summed E-state index contributed by atoms with van der Waals surface area (Å²) in [7, 11) is 2.00. The number of benzene rings is 3. The zero-order valence-corrected chi connectivity index (χ0v) is 22.7. The molecule has 1 atom stereocenters. The monoisotopic (exact) mass is 527 g/mol. The van der Waals surface area contributed by atoms with Crippen molar-refractivity contribution in [1.29, 1.82) is 0 Å². The fourth-order valence-electron chi connectivity index (χ4n) is 6.00. The summed E-state index contributed by atoms with van der Waals surface area (Å²) in [6.07, 6.45) is 5.34. The van der Waals surface area contributed by atoms with Crippen molar-refractivity contribution in [3.63, 3.8) is 0 Å². The van der Waals surface area contributed by atoms with Crippen LogP contribution in [-0.4, -0.2) is 58.1 Å². The van der Waals surface area contributed by atoms with Gasteiger partial charge < -0.3 is 19.5 Å². The summed E-state index contributed by atoms with van der Waals surface area (Å²) in [5.74, 6) is 1.07. The number of carbonyl (C=O) groups is 1. The van der Waals surface area contributed by atoms with E-state index in [1.807, 2.05) is 77.3 Å². The number of likely N-dealkylation sites (tertiary alicyclic amines) is 2. The molecule has 2 fully saturated rings. The minimum Gasteiger partial charge on any atom is -0.392 e. The summed E-state index contributed by atoms with van der Waals surface area (Å²) < 4.78 is 15.2. The predicted molar refractivity (Wildman–Crippen MR) is 154 cm³/mol. The van der Waals surface area contributed by atoms with Gasteiger partial charge in [-0.25, -0.2) is 4.39 Å². The van der Waals surface area contributed by atoms with Crippen LogP contribution in [0.2, 0.25) is 0 Å². The Bertz CT molecular complexity index is 1360. The first-order valence-electron chi connectivity index (χ1n) is 14.0. The van der Waals surface area contributed by atoms with Gasteiger partial charge in [0, 0.05) is 38.3 Å². The number of para-hydroxylation sites is 1. The Morgan fingerprint density at radius 3 is 2.33 bits per heavy atom. The van der Waals surface area contributed by atoms with Crippen molar-refractivity contribution in [3.05, 3.63) is 108 Å². The number of halogens is 1. The third kappa shape index (κ3) is 6.57. The van der Waals surface area contributed by atoms with E-state index in [9.17, 15) is 9.18 Å². The molecule has 0 spiro atoms. The van der Waals surface area contributed by atoms with E-state index >= 15 is 0 Å². The molecule has 0 unspecified atom stereocenters. The van der Waals surface area contributed by atoms with Crippen LogP contribution in [0.15, 0.2) is 85.1 Å². The lowest BCUT2D eigenvalue weighted by Gasteiger charge is -2.33. The van der Waals surface area contributed by atoms with Crippen LogP contribution in [-0.2, 0) is 13.7 Å². The van der Waals surface area contributed by atoms with E-state index in [1.165, 1.54) is 5.56 Å². The van der Waals surface area contributed by atoms with Crippen LogP contribution in [0.5, 0.6) is 0 Å². The van der Waals surface area contributed by atoms with Crippen LogP contribution in [0.4, 0.5) is 4.39 Å². The molecule has 3 aromatic carbocycles. The normalized spacial score (nSPS) is 18.2. The molecule has 0 bridgehead atoms. The van der Waals surface area contributed by atoms with Gasteiger partial charge in [0.2, 0.25) is 0 Å². The highest BCUT2D eigenvalue weighted by molar-refractivity contribution is 6.06. The molecule has 39 heavy (non-hydrogen) atoms. The van der Waals surface area contributed by atoms with Gasteiger partial charge in [-0.1, -0.05) is 54.6 Å². The molecular formula is C33H38FN3O2. The fraction of sp³-hybridized carbons (Fsp3) is 0.364. The van der Waals surface area contributed by atoms with Crippen LogP contribution in [0.1, 0.15) is 46.7 Å². The quantitative estimate of drug-likeness (QED) is 0.355. The van der Waals surface area contributed by atoms with E-state index in [1.54, 1.807) is 12.1 Å². The van der Waals surface area contributed by atoms with Gasteiger partial charge in [-0.15, -0.1) is 0 Å². The van der Waals surface area contributed by atoms with Gasteiger partial charge >= 0.3 is 0 Å². The van der Waals surface area contributed by atoms with Gasteiger partial charge in [0.25, 0.3) is 5.91 Å². The Labute approximate surface area is 230 Å². The number of hydrogen-bond donors (Lipinski definition) is 1. The lowest BCUT2D eigenvalue weighted by molar-refractivity contribution is 0.0783. The third-order valence-electron chi connectivity index (χ3n) is 8.17. The number of rotatable bonds is 5. The van der Waals surface area contributed by atoms with Crippen LogP contribution < -0.4 is 0 Å². The van der Waals surface area contributed by atoms with Gasteiger partial charge in [0.05, 0.1) is 17.7 Å². The highest BCUT2D eigenvalue weighted by atomic mass is 19.1. The van der Waals surface area contributed by atoms with E-state index < -0.39 is 0 Å². The molecule has 2 saturated heterocycles. The summed E-state index contributed by atoms with van der Waals surface area (Å²) in [6, 6.07) is 24.6. The Hall–Kier alpha value is -3.48. The molecule has 6 heteroatoms. The first-order chi connectivity index (χ1) is 19.0. The number of amides is 1. The summed E-state index contributed by atoms with van der Waals surface area (Å²) in [5.41, 5.74) is 4.06. The maximum atomic E-state index is 13.2. The maximum Gasteiger partial charge on any atom is 0.256 e. The topological polar surface area (TPSA) is 48.7 Å². The van der Waals surface area contributed by atoms with E-state index in [0.29, 0.717) is 11.8 Å². The molecular weight excluding hydrogens is 489 g/mol. The number of aliphatic hydroxyl groups excluding tert-OH is 1. The smallest absolute Gasteiger partial charge is 0.256 e. The number of piperidine rings is 1. The zero-order valence-electron chi connectivity index (χ0n) is 22.7. The first-order valence-corrected chi connectivity index (χ1v) is 14.0. The number of fused-ring (bicyclic) bond motifs is 1. The lowest BCUT2D eigenvalue weighted by atomic mass is 9.89. The van der Waals surface area contributed by atoms with Gasteiger partial charge in [-0.2, -0.15) is 0 Å². The molecule has 204 valence electrons. The largest absolute Gasteiger partial charge is 0.392 e. The van der Waals surface area contributed by atoms with E-state index in [2.05, 4.69) is 17.0 Å². The van der Waals surface area contributed by atoms with Crippen molar-refractivity contribution < 1.29 is 14.3 Å². The number of aromatic nitrogens is 1. The molecule has 4 aromatic rings. The second kappa shape index (κ2) is 12.6. The molecule has 1 amide bonds. The van der Waals surface area contributed by atoms with E-state index in [0.717, 1.165) is 74.0 Å². The third-order valence-corrected chi connectivity index (χ3v) is 8.17. The van der Waals surface area contributed by atoms with Gasteiger partial charge in [0.1, 0.15) is 5.82 Å². The zero-order chi connectivity index (χ0) is 27.2. The predicted octanol–water partition coefficient (Wildman–Crippen LogP) is 5.84. The highest BCUT2D eigenvalue weighted by Gasteiger charge is 2.30. The van der Waals surface area contributed by atoms with Crippen molar-refractivity contribution >= 4 is 16.8 Å². The fourth-order valence-corrected chi connectivity index (χ4v) is 6.00. The number of nitrogens with zero attached hydrogens (tertiary/aromatic N) is 3. The number of carbonyl (C=O) groups excluding carboxylic acids is 1. The molecule has 0 radical (unpaired) electrons. The molecule has 0 saturated carbocycles. The standard InChI is InChI=1S/C26H30FN3O.C7H8O/c1-28-13-10-22-3-2-4-24(25(22)28)26(31)30-16-9-19(18-30)17-29-14-11-21(12-15-29)20-5-7-23(27)8-6-20;8-6-7-4-2-1-3-5-7/h2-8,10,13,19,21H,9,11-12,14-18H2,1H3;1-5,8H,6H2/t19-;/m1./s1. The van der Waals surface area contributed by atoms with Crippen LogP contribution >= 0.6 is 0 Å². The number of hydrogen-bond acceptors (Lipinski definition) is 3. The molecule has 5 nitrogen and oxygen atoms in total. The molecule has 3 heterocycles. The Balaban J connectivity index is 0.000000332. The Kier molecular flexibility index (Phi) is 8.74. The molecule has 2 aliphatic rings. The van der Waals surface area contributed by atoms with Crippen molar-refractivity contribution in [2.75, 3.05) is 32.7 Å². The van der Waals surface area contributed by atoms with Crippen LogP contribution in [0.25, 0.3) is 10.9 Å². The Morgan fingerprint density at radius 1 is 0.897 bits per heavy atom. The second-order valence-electron chi connectivity index (χ2n) is 10.8. The summed E-state index contributed by atoms with van der Waals surface area (Å²) in [6.45, 7) is 5.05. The van der Waals surface area contributed by atoms with Crippen molar-refractivity contribution in [2.24, 2.45) is 13.0 Å². The number of aryl methyl sites for hydroxylation is 1. The van der Waals surface area contributed by atoms with Gasteiger partial charge in [-0.05, 0) is 79.6 Å². The SMILES string of the molecule is Cn1ccc2cccc(C(=O)N3CC[C@H](CN4CCC(c5ccc(F)cc5)CC4)C3)c21.OCc1ccccc1. The molecule has 0 aliphatic carbocycles. The molecule has 6 rings (SSSR count). The number of aliphatic hydroxyl groups is 1. The van der Waals surface area contributed by atoms with Crippen molar-refractivity contribution in [1.82, 2.24) is 14.4 Å². The summed E-state index contributed by atoms with van der Waals surface area (Å²) in [4.78, 5) is 17.8. The minimum atomic E-state index is -0.162. The molecule has 1 N–H and O–H groups in total. The summed E-state index contributed by atoms with van der Waals surface area (Å²) >= 11 is 0. The van der Waals surface area contributed by atoms with Gasteiger partial charge in [0.15, 0.2) is 0 Å². The van der Waals surface area contributed by atoms with Gasteiger partial charge in [-0.3, -0.25) is 4.79 Å². The summed E-state index contributed by atoms with van der Waals surface area (Å²) in [5, 5.41) is 9.66. The highest BCUT2D eigenvalue weighted by Crippen LogP contribution is 2.30. The molecule has 1 aromatic heterocycles. The van der Waals surface area contributed by atoms with Crippen LogP contribution in [0, 0.1) is 11.7 Å². The minimum absolute atomic E-state index is 0.140. The van der Waals surface area contributed by atoms with Crippen molar-refractivity contribution in [2.45, 2.75) is 31.8 Å². The second-order valence-corrected chi connectivity index (χ2v) is 10.8. The average Bonchev–Trinajstić information content (AvgIpc) is 3.61. The van der Waals surface area contributed by atoms with Crippen LogP contribution in [0.3, 0.4) is 0 Å². The first kappa shape index (κ1) is 27.1. The maximum absolute atomic E-state index is 13.2. The lowest BCUT2D eigenvalue weighted by Crippen LogP contribution is -2.37.